The van der Waals surface area contributed by atoms with Crippen molar-refractivity contribution >= 4 is 29.4 Å². The molecular formula is C37H53N5O6. The lowest BCUT2D eigenvalue weighted by atomic mass is 9.87. The number of carboxylic acid groups (broad SMARTS) is 1. The number of nitrogens with one attached hydrogen (secondary N) is 1. The number of nitrogens with two attached hydrogens (primary N) is 2. The molecule has 48 heavy (non-hydrogen) atoms. The van der Waals surface area contributed by atoms with Crippen LogP contribution in [0.3, 0.4) is 0 Å². The maximum absolute atomic E-state index is 13.9. The van der Waals surface area contributed by atoms with Crippen molar-refractivity contribution in [1.82, 2.24) is 15.1 Å². The molecular weight excluding hydrogens is 610 g/mol. The number of amides is 2. The molecule has 2 aromatic rings. The van der Waals surface area contributed by atoms with Crippen molar-refractivity contribution < 1.29 is 29.1 Å². The van der Waals surface area contributed by atoms with Crippen LogP contribution in [0.5, 0.6) is 0 Å². The van der Waals surface area contributed by atoms with Crippen LogP contribution in [0, 0.1) is 17.8 Å². The van der Waals surface area contributed by atoms with Crippen LogP contribution >= 0.6 is 0 Å². The normalized spacial score (nSPS) is 16.1. The Morgan fingerprint density at radius 3 is 1.92 bits per heavy atom. The molecule has 1 aliphatic rings. The molecule has 0 aromatic heterocycles. The van der Waals surface area contributed by atoms with Gasteiger partial charge in [0.25, 0.3) is 0 Å². The molecule has 6 N–H and O–H groups in total. The number of ketones is 2. The molecule has 0 bridgehead atoms. The second-order valence-corrected chi connectivity index (χ2v) is 13.3. The van der Waals surface area contributed by atoms with Gasteiger partial charge in [-0.25, -0.2) is 0 Å². The largest absolute Gasteiger partial charge is 0.480 e. The van der Waals surface area contributed by atoms with E-state index in [0.29, 0.717) is 64.8 Å². The lowest BCUT2D eigenvalue weighted by Gasteiger charge is -2.36. The zero-order valence-corrected chi connectivity index (χ0v) is 28.4. The Bertz CT molecular complexity index is 1330. The van der Waals surface area contributed by atoms with E-state index < -0.39 is 35.8 Å². The van der Waals surface area contributed by atoms with Crippen molar-refractivity contribution in [1.29, 1.82) is 0 Å². The molecule has 0 aliphatic carbocycles. The summed E-state index contributed by atoms with van der Waals surface area (Å²) < 4.78 is 0. The highest BCUT2D eigenvalue weighted by Gasteiger charge is 2.34. The van der Waals surface area contributed by atoms with Gasteiger partial charge >= 0.3 is 5.97 Å². The number of carbonyl (C=O) groups excluding carboxylic acids is 4. The topological polar surface area (TPSA) is 176 Å². The van der Waals surface area contributed by atoms with Gasteiger partial charge in [0.05, 0.1) is 18.6 Å². The van der Waals surface area contributed by atoms with Crippen molar-refractivity contribution in [2.24, 2.45) is 29.2 Å². The van der Waals surface area contributed by atoms with Gasteiger partial charge in [-0.2, -0.15) is 0 Å². The summed E-state index contributed by atoms with van der Waals surface area (Å²) in [5, 5.41) is 12.1. The van der Waals surface area contributed by atoms with Gasteiger partial charge in [0.2, 0.25) is 11.8 Å². The minimum atomic E-state index is -0.912. The summed E-state index contributed by atoms with van der Waals surface area (Å²) in [4.78, 5) is 69.3. The number of aliphatic carboxylic acids is 1. The Kier molecular flexibility index (Phi) is 15.9. The lowest BCUT2D eigenvalue weighted by molar-refractivity contribution is -0.142. The number of rotatable bonds is 20. The Morgan fingerprint density at radius 1 is 0.812 bits per heavy atom. The Morgan fingerprint density at radius 2 is 1.38 bits per heavy atom. The van der Waals surface area contributed by atoms with Gasteiger partial charge in [0, 0.05) is 50.9 Å². The molecule has 3 rings (SSSR count). The van der Waals surface area contributed by atoms with Crippen LogP contribution in [0.4, 0.5) is 0 Å². The minimum Gasteiger partial charge on any atom is -0.480 e. The van der Waals surface area contributed by atoms with Gasteiger partial charge in [0.15, 0.2) is 11.6 Å². The molecule has 4 atom stereocenters. The summed E-state index contributed by atoms with van der Waals surface area (Å²) in [7, 11) is 0. The molecule has 0 radical (unpaired) electrons. The fourth-order valence-electron chi connectivity index (χ4n) is 6.20. The quantitative estimate of drug-likeness (QED) is 0.166. The standard InChI is InChI=1S/C37H53N5O6/c1-26(2)20-32(34(44)23-29(14-9-15-38)37(48)42-18-16-41(17-19-42)25-35(45)46)40-36(47)30(21-27-10-5-3-6-11-27)24-33(43)31(39)22-28-12-7-4-8-13-28/h3-8,10-13,26,29-32H,9,14-25,38-39H2,1-2H3,(H,40,47)(H,45,46)/t29-,30-,31+,32+/m0/s1. The zero-order chi connectivity index (χ0) is 35.1. The van der Waals surface area contributed by atoms with Gasteiger partial charge < -0.3 is 26.8 Å². The van der Waals surface area contributed by atoms with Crippen molar-refractivity contribution in [3.63, 3.8) is 0 Å². The highest BCUT2D eigenvalue weighted by Crippen LogP contribution is 2.21. The summed E-state index contributed by atoms with van der Waals surface area (Å²) >= 11 is 0. The molecule has 2 aromatic carbocycles. The van der Waals surface area contributed by atoms with E-state index in [0.717, 1.165) is 11.1 Å². The van der Waals surface area contributed by atoms with Gasteiger partial charge in [-0.05, 0) is 55.7 Å². The first-order chi connectivity index (χ1) is 23.0. The van der Waals surface area contributed by atoms with Gasteiger partial charge in [0.1, 0.15) is 0 Å². The lowest BCUT2D eigenvalue weighted by Crippen LogP contribution is -2.52. The smallest absolute Gasteiger partial charge is 0.317 e. The van der Waals surface area contributed by atoms with Crippen LogP contribution in [0.25, 0.3) is 0 Å². The SMILES string of the molecule is CC(C)C[C@@H](NC(=O)[C@H](CC(=O)[C@H](N)Cc1ccccc1)Cc1ccccc1)C(=O)C[C@H](CCCN)C(=O)N1CCN(CC(=O)O)CC1. The van der Waals surface area contributed by atoms with E-state index in [4.69, 9.17) is 16.6 Å². The van der Waals surface area contributed by atoms with Crippen LogP contribution in [-0.4, -0.2) is 95.6 Å². The maximum Gasteiger partial charge on any atom is 0.317 e. The van der Waals surface area contributed by atoms with E-state index in [2.05, 4.69) is 5.32 Å². The number of carboxylic acids is 1. The summed E-state index contributed by atoms with van der Waals surface area (Å²) in [5.41, 5.74) is 13.9. The molecule has 262 valence electrons. The van der Waals surface area contributed by atoms with Crippen molar-refractivity contribution in [2.75, 3.05) is 39.3 Å². The second-order valence-electron chi connectivity index (χ2n) is 13.3. The first kappa shape index (κ1) is 38.5. The van der Waals surface area contributed by atoms with E-state index in [1.165, 1.54) is 0 Å². The van der Waals surface area contributed by atoms with E-state index in [1.807, 2.05) is 74.5 Å². The van der Waals surface area contributed by atoms with Crippen molar-refractivity contribution in [3.8, 4) is 0 Å². The Labute approximate surface area is 284 Å². The average Bonchev–Trinajstić information content (AvgIpc) is 3.06. The number of nitrogens with zero attached hydrogens (tertiary/aromatic N) is 2. The summed E-state index contributed by atoms with van der Waals surface area (Å²) in [6, 6.07) is 17.3. The third-order valence-electron chi connectivity index (χ3n) is 8.86. The number of piperazine rings is 1. The first-order valence-electron chi connectivity index (χ1n) is 17.1. The number of hydrogen-bond donors (Lipinski definition) is 4. The molecule has 11 nitrogen and oxygen atoms in total. The monoisotopic (exact) mass is 663 g/mol. The first-order valence-corrected chi connectivity index (χ1v) is 17.1. The zero-order valence-electron chi connectivity index (χ0n) is 28.4. The summed E-state index contributed by atoms with van der Waals surface area (Å²) in [6.45, 7) is 5.87. The highest BCUT2D eigenvalue weighted by molar-refractivity contribution is 5.94. The molecule has 1 fully saturated rings. The van der Waals surface area contributed by atoms with Crippen molar-refractivity contribution in [3.05, 3.63) is 71.8 Å². The third-order valence-corrected chi connectivity index (χ3v) is 8.86. The van der Waals surface area contributed by atoms with Crippen LogP contribution in [0.1, 0.15) is 57.1 Å². The molecule has 0 spiro atoms. The molecule has 2 amide bonds. The number of carbonyl (C=O) groups is 5. The van der Waals surface area contributed by atoms with Crippen LogP contribution in [0.15, 0.2) is 60.7 Å². The summed E-state index contributed by atoms with van der Waals surface area (Å²) in [6.07, 6.45) is 1.94. The van der Waals surface area contributed by atoms with Crippen molar-refractivity contribution in [2.45, 2.75) is 70.9 Å². The van der Waals surface area contributed by atoms with E-state index >= 15 is 0 Å². The predicted molar refractivity (Wildman–Crippen MR) is 185 cm³/mol. The minimum absolute atomic E-state index is 0.0456. The van der Waals surface area contributed by atoms with Crippen LogP contribution in [-0.2, 0) is 36.8 Å². The fourth-order valence-corrected chi connectivity index (χ4v) is 6.20. The van der Waals surface area contributed by atoms with E-state index in [9.17, 15) is 24.0 Å². The Hall–Kier alpha value is -3.93. The molecule has 0 unspecified atom stereocenters. The molecule has 1 heterocycles. The van der Waals surface area contributed by atoms with Gasteiger partial charge in [-0.3, -0.25) is 28.9 Å². The maximum atomic E-state index is 13.9. The molecule has 0 saturated carbocycles. The second kappa shape index (κ2) is 19.8. The highest BCUT2D eigenvalue weighted by atomic mass is 16.4. The Balaban J connectivity index is 1.73. The average molecular weight is 664 g/mol. The van der Waals surface area contributed by atoms with E-state index in [-0.39, 0.29) is 42.8 Å². The van der Waals surface area contributed by atoms with Crippen LogP contribution in [0.2, 0.25) is 0 Å². The predicted octanol–water partition coefficient (Wildman–Crippen LogP) is 2.45. The number of Topliss-reactive ketones (excluding diaryl/α,β-unsaturated/α-hetero) is 2. The van der Waals surface area contributed by atoms with Crippen LogP contribution < -0.4 is 16.8 Å². The molecule has 1 saturated heterocycles. The molecule has 1 aliphatic heterocycles. The number of hydrogen-bond acceptors (Lipinski definition) is 8. The van der Waals surface area contributed by atoms with Gasteiger partial charge in [-0.15, -0.1) is 0 Å². The third kappa shape index (κ3) is 12.9. The number of benzene rings is 2. The fraction of sp³-hybridized carbons (Fsp3) is 0.541. The summed E-state index contributed by atoms with van der Waals surface area (Å²) in [5.74, 6) is -3.17. The van der Waals surface area contributed by atoms with E-state index in [1.54, 1.807) is 9.80 Å². The molecule has 11 heteroatoms. The van der Waals surface area contributed by atoms with Gasteiger partial charge in [-0.1, -0.05) is 74.5 Å².